The number of nitrogens with one attached hydrogen (secondary N) is 2. The number of nitrogens with zero attached hydrogens (tertiary/aromatic N) is 3. The summed E-state index contributed by atoms with van der Waals surface area (Å²) in [6, 6.07) is 2.12. The van der Waals surface area contributed by atoms with Crippen LogP contribution in [0.25, 0.3) is 10.8 Å². The maximum absolute atomic E-state index is 15.0. The molecule has 2 saturated carbocycles. The van der Waals surface area contributed by atoms with Crippen LogP contribution in [0.2, 0.25) is 0 Å². The van der Waals surface area contributed by atoms with Crippen molar-refractivity contribution in [2.45, 2.75) is 126 Å². The number of hydrogen-bond donors (Lipinski definition) is 3. The number of allylic oxidation sites excluding steroid dienone is 1. The molecule has 0 spiro atoms. The molecule has 7 rings (SSSR count). The molecule has 316 valence electrons. The Morgan fingerprint density at radius 1 is 1.12 bits per heavy atom. The highest BCUT2D eigenvalue weighted by molar-refractivity contribution is 7.91. The third-order valence-corrected chi connectivity index (χ3v) is 15.0. The number of rotatable bonds is 7. The number of aromatic nitrogens is 1. The molecule has 2 aromatic rings. The number of ether oxygens (including phenoxy) is 2. The van der Waals surface area contributed by atoms with Crippen LogP contribution in [-0.2, 0) is 30.8 Å². The van der Waals surface area contributed by atoms with Crippen molar-refractivity contribution in [2.24, 2.45) is 17.8 Å². The predicted octanol–water partition coefficient (Wildman–Crippen LogP) is 5.09. The molecule has 3 N–H and O–H groups in total. The molecule has 4 amide bonds. The highest BCUT2D eigenvalue weighted by Gasteiger charge is 2.64. The highest BCUT2D eigenvalue weighted by Crippen LogP contribution is 2.48. The number of carbonyl (C=O) groups excluding carboxylic acids is 3. The number of pyridine rings is 1. The zero-order chi connectivity index (χ0) is 42.2. The Labute approximate surface area is 334 Å². The first kappa shape index (κ1) is 41.5. The van der Waals surface area contributed by atoms with Crippen molar-refractivity contribution in [3.05, 3.63) is 42.1 Å². The van der Waals surface area contributed by atoms with Gasteiger partial charge in [-0.3, -0.25) is 24.0 Å². The molecule has 58 heavy (non-hydrogen) atoms. The minimum absolute atomic E-state index is 0.0575. The summed E-state index contributed by atoms with van der Waals surface area (Å²) in [5.74, 6) is -3.73. The average molecular weight is 834 g/mol. The van der Waals surface area contributed by atoms with Crippen LogP contribution in [0.1, 0.15) is 85.1 Å². The maximum atomic E-state index is 15.0. The summed E-state index contributed by atoms with van der Waals surface area (Å²) in [6.07, 6.45) is -0.511. The summed E-state index contributed by atoms with van der Waals surface area (Å²) in [4.78, 5) is 62.1. The van der Waals surface area contributed by atoms with Crippen LogP contribution < -0.4 is 19.5 Å². The molecule has 2 aliphatic carbocycles. The molecule has 7 atom stereocenters. The van der Waals surface area contributed by atoms with E-state index in [0.29, 0.717) is 57.3 Å². The summed E-state index contributed by atoms with van der Waals surface area (Å²) >= 11 is 0. The fourth-order valence-corrected chi connectivity index (χ4v) is 10.0. The van der Waals surface area contributed by atoms with Crippen LogP contribution in [0.5, 0.6) is 11.6 Å². The third kappa shape index (κ3) is 7.33. The summed E-state index contributed by atoms with van der Waals surface area (Å²) < 4.78 is 83.8. The zero-order valence-electron chi connectivity index (χ0n) is 33.1. The minimum Gasteiger partial charge on any atom is -0.492 e. The first-order valence-electron chi connectivity index (χ1n) is 19.8. The van der Waals surface area contributed by atoms with Crippen molar-refractivity contribution in [1.29, 1.82) is 0 Å². The monoisotopic (exact) mass is 833 g/mol. The number of benzene rings is 1. The van der Waals surface area contributed by atoms with Crippen LogP contribution in [0.4, 0.5) is 18.0 Å². The molecule has 4 heterocycles. The number of carbonyl (C=O) groups is 4. The van der Waals surface area contributed by atoms with E-state index >= 15 is 4.79 Å². The van der Waals surface area contributed by atoms with Gasteiger partial charge in [-0.2, -0.15) is 13.2 Å². The van der Waals surface area contributed by atoms with E-state index in [4.69, 9.17) is 9.47 Å². The number of hydrogen-bond acceptors (Lipinski definition) is 9. The lowest BCUT2D eigenvalue weighted by Gasteiger charge is -2.45. The highest BCUT2D eigenvalue weighted by atomic mass is 32.2. The Morgan fingerprint density at radius 3 is 2.52 bits per heavy atom. The Balaban J connectivity index is 1.29. The second kappa shape index (κ2) is 14.6. The van der Waals surface area contributed by atoms with E-state index in [2.05, 4.69) is 15.0 Å². The van der Waals surface area contributed by atoms with E-state index in [-0.39, 0.29) is 42.5 Å². The summed E-state index contributed by atoms with van der Waals surface area (Å²) in [5.41, 5.74) is -3.73. The molecule has 14 nitrogen and oxygen atoms in total. The first-order chi connectivity index (χ1) is 27.1. The number of fused-ring (bicyclic) bond motifs is 5. The van der Waals surface area contributed by atoms with Crippen molar-refractivity contribution in [3.8, 4) is 11.6 Å². The van der Waals surface area contributed by atoms with Gasteiger partial charge in [0.05, 0.1) is 17.9 Å². The molecule has 0 bridgehead atoms. The molecule has 1 aromatic carbocycles. The lowest BCUT2D eigenvalue weighted by molar-refractivity contribution is -0.222. The fourth-order valence-electron chi connectivity index (χ4n) is 8.71. The van der Waals surface area contributed by atoms with E-state index in [1.54, 1.807) is 12.1 Å². The summed E-state index contributed by atoms with van der Waals surface area (Å²) in [6.45, 7) is 6.46. The van der Waals surface area contributed by atoms with Gasteiger partial charge in [0.1, 0.15) is 35.0 Å². The predicted molar refractivity (Wildman–Crippen MR) is 204 cm³/mol. The normalized spacial score (nSPS) is 29.8. The average Bonchev–Trinajstić information content (AvgIpc) is 3.91. The van der Waals surface area contributed by atoms with Crippen LogP contribution in [0, 0.1) is 17.8 Å². The van der Waals surface area contributed by atoms with Crippen LogP contribution in [0.3, 0.4) is 0 Å². The van der Waals surface area contributed by atoms with Gasteiger partial charge in [-0.15, -0.1) is 0 Å². The van der Waals surface area contributed by atoms with Gasteiger partial charge < -0.3 is 24.8 Å². The lowest BCUT2D eigenvalue weighted by atomic mass is 9.85. The second-order valence-electron chi connectivity index (χ2n) is 17.5. The SMILES string of the molecule is C[C@@H]1CCC=C[C@@H]2C[C@@]2(C(=O)NS(=O)(=O)C2(C)CC2)NC(=O)[C@@H]2C[C@@H](Oc3nccc4c5c(ccc34)CCO5)CN2C(=O)[C@@H](N(C(=O)O)C(C)(C)C(F)(F)F)[C@H](C)C1. The molecule has 3 fully saturated rings. The molecular formula is C40H50F3N5O9S. The largest absolute Gasteiger partial charge is 0.492 e. The van der Waals surface area contributed by atoms with Crippen molar-refractivity contribution in [2.75, 3.05) is 13.2 Å². The Morgan fingerprint density at radius 2 is 1.84 bits per heavy atom. The number of halogens is 3. The Bertz CT molecular complexity index is 2160. The van der Waals surface area contributed by atoms with Gasteiger partial charge in [-0.25, -0.2) is 18.2 Å². The van der Waals surface area contributed by atoms with Gasteiger partial charge in [0.2, 0.25) is 27.7 Å². The van der Waals surface area contributed by atoms with Gasteiger partial charge in [-0.05, 0) is 88.8 Å². The number of amides is 4. The molecule has 18 heteroatoms. The van der Waals surface area contributed by atoms with Gasteiger partial charge in [0.25, 0.3) is 5.91 Å². The van der Waals surface area contributed by atoms with E-state index in [0.717, 1.165) is 22.3 Å². The number of carboxylic acid groups (broad SMARTS) is 1. The van der Waals surface area contributed by atoms with Crippen molar-refractivity contribution in [3.63, 3.8) is 0 Å². The Kier molecular flexibility index (Phi) is 10.4. The first-order valence-corrected chi connectivity index (χ1v) is 21.2. The fraction of sp³-hybridized carbons (Fsp3) is 0.625. The van der Waals surface area contributed by atoms with Crippen LogP contribution in [0.15, 0.2) is 36.5 Å². The van der Waals surface area contributed by atoms with Gasteiger partial charge in [-0.1, -0.05) is 32.1 Å². The van der Waals surface area contributed by atoms with Gasteiger partial charge in [0.15, 0.2) is 0 Å². The second-order valence-corrected chi connectivity index (χ2v) is 19.7. The summed E-state index contributed by atoms with van der Waals surface area (Å²) in [7, 11) is -4.11. The standard InChI is InChI=1S/C40H50F3N5O9S/c1-22-8-6-7-9-25-20-39(25,35(51)46-58(54,55)38(5)14-15-38)45-32(49)29-19-26(57-33-28-11-10-24-13-17-56-31(24)27(28)12-16-44-33)21-47(29)34(50)30(23(2)18-22)48(36(52)53)37(3,4)40(41,42)43/h7,9-12,16,22-23,25-26,29-30H,6,8,13-15,17-21H2,1-5H3,(H,45,49)(H,46,51)(H,52,53)/t22-,23-,25-,26-,29+,30+,39-/m1/s1. The molecule has 5 aliphatic rings. The molecular weight excluding hydrogens is 784 g/mol. The van der Waals surface area contributed by atoms with E-state index in [1.165, 1.54) is 20.0 Å². The molecule has 1 aromatic heterocycles. The third-order valence-electron chi connectivity index (χ3n) is 12.8. The van der Waals surface area contributed by atoms with Crippen molar-refractivity contribution in [1.82, 2.24) is 24.8 Å². The van der Waals surface area contributed by atoms with E-state index < -0.39 is 85.9 Å². The minimum atomic E-state index is -5.09. The zero-order valence-corrected chi connectivity index (χ0v) is 33.9. The van der Waals surface area contributed by atoms with Crippen molar-refractivity contribution < 1.29 is 55.3 Å². The molecule has 0 unspecified atom stereocenters. The smallest absolute Gasteiger partial charge is 0.411 e. The summed E-state index contributed by atoms with van der Waals surface area (Å²) in [5, 5.41) is 14.5. The van der Waals surface area contributed by atoms with Crippen LogP contribution in [-0.4, -0.2) is 105 Å². The topological polar surface area (TPSA) is 185 Å². The van der Waals surface area contributed by atoms with E-state index in [9.17, 15) is 41.1 Å². The molecule has 1 saturated heterocycles. The quantitative estimate of drug-likeness (QED) is 0.318. The van der Waals surface area contributed by atoms with Crippen LogP contribution >= 0.6 is 0 Å². The van der Waals surface area contributed by atoms with Crippen molar-refractivity contribution >= 4 is 44.6 Å². The van der Waals surface area contributed by atoms with E-state index in [1.807, 2.05) is 25.1 Å². The maximum Gasteiger partial charge on any atom is 0.411 e. The molecule has 3 aliphatic heterocycles. The van der Waals surface area contributed by atoms with Gasteiger partial charge in [0, 0.05) is 35.7 Å². The Hall–Kier alpha value is -4.61. The van der Waals surface area contributed by atoms with Gasteiger partial charge >= 0.3 is 12.3 Å². The number of alkyl halides is 3. The lowest BCUT2D eigenvalue weighted by Crippen LogP contribution is -2.66. The molecule has 0 radical (unpaired) electrons. The number of sulfonamides is 1.